The molecule has 162 valence electrons. The number of carbonyl (C=O) groups excluding carboxylic acids is 4. The first-order valence-corrected chi connectivity index (χ1v) is 10.1. The van der Waals surface area contributed by atoms with Crippen LogP contribution in [0.5, 0.6) is 0 Å². The number of nitrogens with two attached hydrogens (primary N) is 1. The number of carbonyl (C=O) groups is 4. The highest BCUT2D eigenvalue weighted by atomic mass is 35.5. The van der Waals surface area contributed by atoms with Gasteiger partial charge in [0, 0.05) is 30.8 Å². The van der Waals surface area contributed by atoms with Gasteiger partial charge in [-0.1, -0.05) is 41.9 Å². The van der Waals surface area contributed by atoms with Gasteiger partial charge >= 0.3 is 5.97 Å². The summed E-state index contributed by atoms with van der Waals surface area (Å²) in [5.41, 5.74) is 6.90. The maximum atomic E-state index is 12.9. The largest absolute Gasteiger partial charge is 0.448 e. The van der Waals surface area contributed by atoms with Gasteiger partial charge in [0.05, 0.1) is 5.56 Å². The van der Waals surface area contributed by atoms with Gasteiger partial charge in [0.25, 0.3) is 5.91 Å². The summed E-state index contributed by atoms with van der Waals surface area (Å²) >= 11 is 6.00. The lowest BCUT2D eigenvalue weighted by Crippen LogP contribution is -2.52. The highest BCUT2D eigenvalue weighted by Crippen LogP contribution is 2.24. The van der Waals surface area contributed by atoms with E-state index in [2.05, 4.69) is 10.6 Å². The molecule has 0 saturated heterocycles. The van der Waals surface area contributed by atoms with Crippen molar-refractivity contribution in [2.24, 2.45) is 5.73 Å². The summed E-state index contributed by atoms with van der Waals surface area (Å²) in [7, 11) is 0. The second-order valence-corrected chi connectivity index (χ2v) is 7.59. The molecular formula is C22H22ClN3O5. The number of fused-ring (bicyclic) bond motifs is 1. The van der Waals surface area contributed by atoms with Crippen LogP contribution >= 0.6 is 11.6 Å². The first-order chi connectivity index (χ1) is 14.8. The zero-order valence-corrected chi connectivity index (χ0v) is 17.4. The smallest absolute Gasteiger partial charge is 0.339 e. The molecule has 0 spiro atoms. The van der Waals surface area contributed by atoms with E-state index in [0.29, 0.717) is 16.1 Å². The second-order valence-electron chi connectivity index (χ2n) is 7.16. The third kappa shape index (κ3) is 6.05. The van der Waals surface area contributed by atoms with E-state index in [1.165, 1.54) is 0 Å². The average molecular weight is 444 g/mol. The second kappa shape index (κ2) is 10.1. The summed E-state index contributed by atoms with van der Waals surface area (Å²) in [6.07, 6.45) is -0.738. The Morgan fingerprint density at radius 2 is 1.90 bits per heavy atom. The van der Waals surface area contributed by atoms with Crippen LogP contribution in [-0.4, -0.2) is 42.4 Å². The van der Waals surface area contributed by atoms with E-state index in [9.17, 15) is 19.2 Å². The number of rotatable bonds is 8. The van der Waals surface area contributed by atoms with Crippen LogP contribution in [-0.2, 0) is 32.0 Å². The van der Waals surface area contributed by atoms with E-state index in [-0.39, 0.29) is 25.8 Å². The van der Waals surface area contributed by atoms with Gasteiger partial charge in [0.15, 0.2) is 6.10 Å². The van der Waals surface area contributed by atoms with Crippen molar-refractivity contribution in [3.8, 4) is 0 Å². The van der Waals surface area contributed by atoms with Crippen molar-refractivity contribution in [1.82, 2.24) is 10.6 Å². The van der Waals surface area contributed by atoms with Gasteiger partial charge in [0.2, 0.25) is 11.8 Å². The van der Waals surface area contributed by atoms with Gasteiger partial charge in [0.1, 0.15) is 6.04 Å². The van der Waals surface area contributed by atoms with Crippen molar-refractivity contribution in [3.05, 3.63) is 70.2 Å². The Hall–Kier alpha value is -3.39. The van der Waals surface area contributed by atoms with Crippen LogP contribution in [0.25, 0.3) is 0 Å². The molecule has 0 saturated carbocycles. The van der Waals surface area contributed by atoms with Gasteiger partial charge in [-0.15, -0.1) is 0 Å². The molecule has 8 nitrogen and oxygen atoms in total. The van der Waals surface area contributed by atoms with Crippen LogP contribution in [0.2, 0.25) is 5.02 Å². The molecule has 0 fully saturated rings. The van der Waals surface area contributed by atoms with Crippen molar-refractivity contribution in [2.45, 2.75) is 31.4 Å². The number of primary amides is 1. The normalized spacial score (nSPS) is 15.9. The molecule has 0 radical (unpaired) electrons. The molecule has 2 unspecified atom stereocenters. The lowest BCUT2D eigenvalue weighted by molar-refractivity contribution is -0.134. The monoisotopic (exact) mass is 443 g/mol. The fraction of sp³-hybridized carbons (Fsp3) is 0.273. The lowest BCUT2D eigenvalue weighted by Gasteiger charge is -2.26. The molecule has 1 aliphatic rings. The molecule has 0 aromatic heterocycles. The molecule has 0 bridgehead atoms. The standard InChI is InChI=1S/C22H22ClN3O5/c23-15-6-7-16-14(11-15)12-18(31-22(16)30)21(29)26-17(10-13-4-2-1-3-5-13)20(28)25-9-8-19(24)27/h1-7,11,17-18H,8-10,12H2,(H2,24,27)(H,25,28)(H,26,29). The summed E-state index contributed by atoms with van der Waals surface area (Å²) in [5.74, 6) is -2.23. The maximum absolute atomic E-state index is 12.9. The third-order valence-electron chi connectivity index (χ3n) is 4.82. The third-order valence-corrected chi connectivity index (χ3v) is 5.06. The van der Waals surface area contributed by atoms with Crippen LogP contribution < -0.4 is 16.4 Å². The van der Waals surface area contributed by atoms with Gasteiger partial charge < -0.3 is 21.1 Å². The van der Waals surface area contributed by atoms with Crippen molar-refractivity contribution in [1.29, 1.82) is 0 Å². The molecular weight excluding hydrogens is 422 g/mol. The Morgan fingerprint density at radius 1 is 1.16 bits per heavy atom. The van der Waals surface area contributed by atoms with E-state index >= 15 is 0 Å². The van der Waals surface area contributed by atoms with Crippen molar-refractivity contribution < 1.29 is 23.9 Å². The molecule has 2 aromatic carbocycles. The molecule has 3 rings (SSSR count). The number of ether oxygens (including phenoxy) is 1. The molecule has 3 amide bonds. The molecule has 0 aliphatic carbocycles. The Morgan fingerprint density at radius 3 is 2.61 bits per heavy atom. The van der Waals surface area contributed by atoms with Gasteiger partial charge in [-0.2, -0.15) is 0 Å². The molecule has 2 aromatic rings. The van der Waals surface area contributed by atoms with Gasteiger partial charge in [-0.3, -0.25) is 14.4 Å². The highest BCUT2D eigenvalue weighted by molar-refractivity contribution is 6.30. The zero-order chi connectivity index (χ0) is 22.4. The van der Waals surface area contributed by atoms with Crippen LogP contribution in [0, 0.1) is 0 Å². The molecule has 31 heavy (non-hydrogen) atoms. The number of halogens is 1. The number of amides is 3. The number of esters is 1. The number of hydrogen-bond acceptors (Lipinski definition) is 5. The van der Waals surface area contributed by atoms with Crippen molar-refractivity contribution >= 4 is 35.3 Å². The van der Waals surface area contributed by atoms with Crippen LogP contribution in [0.15, 0.2) is 48.5 Å². The first kappa shape index (κ1) is 22.3. The Kier molecular flexibility index (Phi) is 7.25. The quantitative estimate of drug-likeness (QED) is 0.527. The topological polar surface area (TPSA) is 128 Å². The molecule has 9 heteroatoms. The highest BCUT2D eigenvalue weighted by Gasteiger charge is 2.33. The Balaban J connectivity index is 1.72. The maximum Gasteiger partial charge on any atom is 0.339 e. The minimum absolute atomic E-state index is 0.0183. The van der Waals surface area contributed by atoms with Gasteiger partial charge in [-0.05, 0) is 29.3 Å². The fourth-order valence-corrected chi connectivity index (χ4v) is 3.46. The molecule has 2 atom stereocenters. The first-order valence-electron chi connectivity index (χ1n) is 9.73. The Bertz CT molecular complexity index is 996. The van der Waals surface area contributed by atoms with Crippen molar-refractivity contribution in [3.63, 3.8) is 0 Å². The average Bonchev–Trinajstić information content (AvgIpc) is 2.73. The van der Waals surface area contributed by atoms with E-state index in [4.69, 9.17) is 22.1 Å². The molecule has 1 heterocycles. The molecule has 4 N–H and O–H groups in total. The SMILES string of the molecule is NC(=O)CCNC(=O)C(Cc1ccccc1)NC(=O)C1Cc2cc(Cl)ccc2C(=O)O1. The lowest BCUT2D eigenvalue weighted by atomic mass is 9.97. The van der Waals surface area contributed by atoms with E-state index in [1.807, 2.05) is 30.3 Å². The van der Waals surface area contributed by atoms with Crippen LogP contribution in [0.1, 0.15) is 27.9 Å². The predicted molar refractivity (Wildman–Crippen MR) is 113 cm³/mol. The van der Waals surface area contributed by atoms with E-state index in [1.54, 1.807) is 18.2 Å². The minimum atomic E-state index is -1.09. The molecule has 1 aliphatic heterocycles. The van der Waals surface area contributed by atoms with Crippen LogP contribution in [0.3, 0.4) is 0 Å². The summed E-state index contributed by atoms with van der Waals surface area (Å²) in [5, 5.41) is 5.70. The number of cyclic esters (lactones) is 1. The fourth-order valence-electron chi connectivity index (χ4n) is 3.27. The number of benzene rings is 2. The number of hydrogen-bond donors (Lipinski definition) is 3. The zero-order valence-electron chi connectivity index (χ0n) is 16.6. The van der Waals surface area contributed by atoms with Crippen molar-refractivity contribution in [2.75, 3.05) is 6.54 Å². The van der Waals surface area contributed by atoms with Gasteiger partial charge in [-0.25, -0.2) is 4.79 Å². The summed E-state index contributed by atoms with van der Waals surface area (Å²) in [4.78, 5) is 48.7. The van der Waals surface area contributed by atoms with Crippen LogP contribution in [0.4, 0.5) is 0 Å². The Labute approximate surface area is 184 Å². The summed E-state index contributed by atoms with van der Waals surface area (Å²) < 4.78 is 5.27. The van der Waals surface area contributed by atoms with E-state index < -0.39 is 35.8 Å². The summed E-state index contributed by atoms with van der Waals surface area (Å²) in [6.45, 7) is 0.0552. The predicted octanol–water partition coefficient (Wildman–Crippen LogP) is 1.14. The minimum Gasteiger partial charge on any atom is -0.448 e. The summed E-state index contributed by atoms with van der Waals surface area (Å²) in [6, 6.07) is 13.0. The van der Waals surface area contributed by atoms with E-state index in [0.717, 1.165) is 5.56 Å². The number of nitrogens with one attached hydrogen (secondary N) is 2.